The molecular weight excluding hydrogens is 290 g/mol. The fraction of sp³-hybridized carbons (Fsp3) is 0.444. The Morgan fingerprint density at radius 3 is 3.09 bits per heavy atom. The molecular formula is C18H23N3O2. The maximum atomic E-state index is 12.4. The van der Waals surface area contributed by atoms with Crippen molar-refractivity contribution >= 4 is 5.91 Å². The van der Waals surface area contributed by atoms with Crippen molar-refractivity contribution in [3.8, 4) is 0 Å². The zero-order valence-corrected chi connectivity index (χ0v) is 13.7. The molecule has 2 aromatic rings. The van der Waals surface area contributed by atoms with Crippen molar-refractivity contribution in [3.05, 3.63) is 52.8 Å². The number of aromatic nitrogens is 2. The van der Waals surface area contributed by atoms with Gasteiger partial charge in [-0.2, -0.15) is 5.10 Å². The van der Waals surface area contributed by atoms with Crippen LogP contribution in [0.1, 0.15) is 46.6 Å². The normalized spacial score (nSPS) is 16.9. The van der Waals surface area contributed by atoms with Crippen molar-refractivity contribution in [2.75, 3.05) is 13.2 Å². The molecule has 2 heterocycles. The van der Waals surface area contributed by atoms with Gasteiger partial charge in [0.05, 0.1) is 18.4 Å². The lowest BCUT2D eigenvalue weighted by Crippen LogP contribution is -2.32. The molecule has 1 aromatic carbocycles. The fourth-order valence-corrected chi connectivity index (χ4v) is 3.03. The van der Waals surface area contributed by atoms with Gasteiger partial charge in [-0.05, 0) is 30.9 Å². The third-order valence-electron chi connectivity index (χ3n) is 4.32. The molecule has 1 aromatic heterocycles. The van der Waals surface area contributed by atoms with Crippen LogP contribution in [0.25, 0.3) is 0 Å². The first-order valence-corrected chi connectivity index (χ1v) is 8.20. The number of fused-ring (bicyclic) bond motifs is 1. The van der Waals surface area contributed by atoms with Crippen LogP contribution in [0.2, 0.25) is 0 Å². The van der Waals surface area contributed by atoms with Crippen molar-refractivity contribution in [1.29, 1.82) is 0 Å². The molecule has 0 aliphatic carbocycles. The van der Waals surface area contributed by atoms with E-state index in [1.165, 1.54) is 11.1 Å². The smallest absolute Gasteiger partial charge is 0.254 e. The second-order valence-corrected chi connectivity index (χ2v) is 5.89. The number of benzene rings is 1. The van der Waals surface area contributed by atoms with Crippen LogP contribution in [0, 0.1) is 6.92 Å². The molecule has 1 aliphatic rings. The number of carbonyl (C=O) groups excluding carboxylic acids is 1. The predicted octanol–water partition coefficient (Wildman–Crippen LogP) is 2.65. The van der Waals surface area contributed by atoms with Crippen LogP contribution in [0.5, 0.6) is 0 Å². The number of nitrogens with one attached hydrogen (secondary N) is 1. The van der Waals surface area contributed by atoms with Crippen LogP contribution in [-0.4, -0.2) is 28.8 Å². The van der Waals surface area contributed by atoms with E-state index < -0.39 is 0 Å². The SMILES string of the molecule is CCCn1ncc(C(=O)NCC2OCCc3ccccc32)c1C. The molecule has 1 amide bonds. The number of ether oxygens (including phenoxy) is 1. The Kier molecular flexibility index (Phi) is 4.76. The summed E-state index contributed by atoms with van der Waals surface area (Å²) < 4.78 is 7.71. The highest BCUT2D eigenvalue weighted by molar-refractivity contribution is 5.95. The van der Waals surface area contributed by atoms with Crippen LogP contribution in [0.3, 0.4) is 0 Å². The largest absolute Gasteiger partial charge is 0.371 e. The van der Waals surface area contributed by atoms with E-state index in [1.54, 1.807) is 6.20 Å². The zero-order chi connectivity index (χ0) is 16.2. The molecule has 23 heavy (non-hydrogen) atoms. The average Bonchev–Trinajstić information content (AvgIpc) is 2.94. The van der Waals surface area contributed by atoms with Gasteiger partial charge in [0, 0.05) is 18.8 Å². The summed E-state index contributed by atoms with van der Waals surface area (Å²) >= 11 is 0. The molecule has 3 rings (SSSR count). The summed E-state index contributed by atoms with van der Waals surface area (Å²) in [5.41, 5.74) is 4.04. The summed E-state index contributed by atoms with van der Waals surface area (Å²) in [6.45, 7) is 6.04. The third kappa shape index (κ3) is 3.29. The molecule has 0 radical (unpaired) electrons. The average molecular weight is 313 g/mol. The summed E-state index contributed by atoms with van der Waals surface area (Å²) in [5.74, 6) is -0.0866. The van der Waals surface area contributed by atoms with Gasteiger partial charge >= 0.3 is 0 Å². The quantitative estimate of drug-likeness (QED) is 0.923. The minimum atomic E-state index is -0.0866. The van der Waals surface area contributed by atoms with E-state index in [0.717, 1.165) is 25.1 Å². The highest BCUT2D eigenvalue weighted by Crippen LogP contribution is 2.26. The Morgan fingerprint density at radius 1 is 1.43 bits per heavy atom. The minimum absolute atomic E-state index is 0.0742. The molecule has 1 aliphatic heterocycles. The van der Waals surface area contributed by atoms with Gasteiger partial charge < -0.3 is 10.1 Å². The molecule has 122 valence electrons. The van der Waals surface area contributed by atoms with Gasteiger partial charge in [0.1, 0.15) is 6.10 Å². The fourth-order valence-electron chi connectivity index (χ4n) is 3.03. The Bertz CT molecular complexity index is 693. The molecule has 1 unspecified atom stereocenters. The van der Waals surface area contributed by atoms with Gasteiger partial charge in [0.15, 0.2) is 0 Å². The lowest BCUT2D eigenvalue weighted by atomic mass is 9.97. The van der Waals surface area contributed by atoms with Crippen LogP contribution < -0.4 is 5.32 Å². The van der Waals surface area contributed by atoms with Gasteiger partial charge in [-0.25, -0.2) is 0 Å². The number of aryl methyl sites for hydroxylation is 1. The molecule has 1 atom stereocenters. The van der Waals surface area contributed by atoms with E-state index in [1.807, 2.05) is 23.7 Å². The highest BCUT2D eigenvalue weighted by atomic mass is 16.5. The van der Waals surface area contributed by atoms with E-state index in [-0.39, 0.29) is 12.0 Å². The van der Waals surface area contributed by atoms with Gasteiger partial charge in [0.2, 0.25) is 0 Å². The van der Waals surface area contributed by atoms with Gasteiger partial charge in [-0.3, -0.25) is 9.48 Å². The number of hydrogen-bond acceptors (Lipinski definition) is 3. The molecule has 5 nitrogen and oxygen atoms in total. The zero-order valence-electron chi connectivity index (χ0n) is 13.7. The molecule has 5 heteroatoms. The maximum absolute atomic E-state index is 12.4. The monoisotopic (exact) mass is 313 g/mol. The number of amides is 1. The number of rotatable bonds is 5. The second-order valence-electron chi connectivity index (χ2n) is 5.89. The van der Waals surface area contributed by atoms with E-state index in [0.29, 0.717) is 18.7 Å². The van der Waals surface area contributed by atoms with Crippen LogP contribution in [-0.2, 0) is 17.7 Å². The summed E-state index contributed by atoms with van der Waals surface area (Å²) in [6.07, 6.45) is 3.50. The lowest BCUT2D eigenvalue weighted by Gasteiger charge is -2.26. The van der Waals surface area contributed by atoms with E-state index >= 15 is 0 Å². The van der Waals surface area contributed by atoms with Crippen molar-refractivity contribution in [1.82, 2.24) is 15.1 Å². The van der Waals surface area contributed by atoms with Crippen molar-refractivity contribution in [3.63, 3.8) is 0 Å². The molecule has 0 saturated carbocycles. The maximum Gasteiger partial charge on any atom is 0.254 e. The first kappa shape index (κ1) is 15.7. The summed E-state index contributed by atoms with van der Waals surface area (Å²) in [4.78, 5) is 12.4. The molecule has 0 bridgehead atoms. The summed E-state index contributed by atoms with van der Waals surface area (Å²) in [5, 5.41) is 7.27. The molecule has 0 fully saturated rings. The second kappa shape index (κ2) is 6.96. The van der Waals surface area contributed by atoms with Crippen LogP contribution in [0.15, 0.2) is 30.5 Å². The highest BCUT2D eigenvalue weighted by Gasteiger charge is 2.22. The number of nitrogens with zero attached hydrogens (tertiary/aromatic N) is 2. The van der Waals surface area contributed by atoms with E-state index in [4.69, 9.17) is 4.74 Å². The number of hydrogen-bond donors (Lipinski definition) is 1. The van der Waals surface area contributed by atoms with Crippen molar-refractivity contribution in [2.24, 2.45) is 0 Å². The van der Waals surface area contributed by atoms with E-state index in [2.05, 4.69) is 29.5 Å². The minimum Gasteiger partial charge on any atom is -0.371 e. The topological polar surface area (TPSA) is 56.2 Å². The molecule has 0 saturated heterocycles. The summed E-state index contributed by atoms with van der Waals surface area (Å²) in [7, 11) is 0. The first-order chi connectivity index (χ1) is 11.2. The van der Waals surface area contributed by atoms with Gasteiger partial charge in [0.25, 0.3) is 5.91 Å². The Morgan fingerprint density at radius 2 is 2.26 bits per heavy atom. The standard InChI is InChI=1S/C18H23N3O2/c1-3-9-21-13(2)16(11-20-21)18(22)19-12-17-15-7-5-4-6-14(15)8-10-23-17/h4-7,11,17H,3,8-10,12H2,1-2H3,(H,19,22). The molecule has 1 N–H and O–H groups in total. The predicted molar refractivity (Wildman–Crippen MR) is 88.4 cm³/mol. The first-order valence-electron chi connectivity index (χ1n) is 8.20. The Labute approximate surface area is 136 Å². The Hall–Kier alpha value is -2.14. The lowest BCUT2D eigenvalue weighted by molar-refractivity contribution is 0.0411. The Balaban J connectivity index is 1.66. The van der Waals surface area contributed by atoms with E-state index in [9.17, 15) is 4.79 Å². The van der Waals surface area contributed by atoms with Crippen molar-refractivity contribution < 1.29 is 9.53 Å². The number of carbonyl (C=O) groups is 1. The van der Waals surface area contributed by atoms with Crippen molar-refractivity contribution in [2.45, 2.75) is 39.3 Å². The third-order valence-corrected chi connectivity index (χ3v) is 4.32. The van der Waals surface area contributed by atoms with Crippen LogP contribution >= 0.6 is 0 Å². The van der Waals surface area contributed by atoms with Gasteiger partial charge in [-0.15, -0.1) is 0 Å². The van der Waals surface area contributed by atoms with Crippen LogP contribution in [0.4, 0.5) is 0 Å². The summed E-state index contributed by atoms with van der Waals surface area (Å²) in [6, 6.07) is 8.27. The molecule has 0 spiro atoms. The van der Waals surface area contributed by atoms with Gasteiger partial charge in [-0.1, -0.05) is 31.2 Å².